The lowest BCUT2D eigenvalue weighted by Crippen LogP contribution is -2.17. The second-order valence-electron chi connectivity index (χ2n) is 5.48. The summed E-state index contributed by atoms with van der Waals surface area (Å²) in [5, 5.41) is 17.5. The molecule has 0 bridgehead atoms. The lowest BCUT2D eigenvalue weighted by atomic mass is 9.88. The van der Waals surface area contributed by atoms with E-state index in [1.165, 1.54) is 0 Å². The molecule has 0 aromatic heterocycles. The third kappa shape index (κ3) is 4.32. The maximum Gasteiger partial charge on any atom is 0.336 e. The lowest BCUT2D eigenvalue weighted by Gasteiger charge is -2.17. The van der Waals surface area contributed by atoms with E-state index in [4.69, 9.17) is 10.2 Å². The number of carbonyl (C=O) groups is 2. The molecule has 1 aliphatic carbocycles. The second-order valence-corrected chi connectivity index (χ2v) is 5.48. The van der Waals surface area contributed by atoms with E-state index in [9.17, 15) is 9.59 Å². The fourth-order valence-electron chi connectivity index (χ4n) is 2.57. The Bertz CT molecular complexity index is 600. The molecule has 22 heavy (non-hydrogen) atoms. The van der Waals surface area contributed by atoms with Gasteiger partial charge in [-0.2, -0.15) is 0 Å². The summed E-state index contributed by atoms with van der Waals surface area (Å²) in [6.45, 7) is 7.34. The van der Waals surface area contributed by atoms with Gasteiger partial charge in [0.25, 0.3) is 0 Å². The van der Waals surface area contributed by atoms with Gasteiger partial charge in [0.2, 0.25) is 0 Å². The van der Waals surface area contributed by atoms with Crippen molar-refractivity contribution in [3.8, 4) is 0 Å². The van der Waals surface area contributed by atoms with E-state index >= 15 is 0 Å². The average Bonchev–Trinajstić information content (AvgIpc) is 2.38. The maximum absolute atomic E-state index is 10.7. The zero-order chi connectivity index (χ0) is 16.9. The van der Waals surface area contributed by atoms with Gasteiger partial charge in [-0.25, -0.2) is 4.79 Å². The van der Waals surface area contributed by atoms with Gasteiger partial charge in [-0.3, -0.25) is 4.79 Å². The number of benzene rings is 1. The van der Waals surface area contributed by atoms with E-state index in [-0.39, 0.29) is 5.92 Å². The Morgan fingerprint density at radius 3 is 1.68 bits per heavy atom. The summed E-state index contributed by atoms with van der Waals surface area (Å²) in [5.74, 6) is -1.96. The number of aliphatic carboxylic acids is 1. The Kier molecular flexibility index (Phi) is 6.11. The molecule has 0 fully saturated rings. The van der Waals surface area contributed by atoms with Crippen LogP contribution in [0.1, 0.15) is 41.8 Å². The Morgan fingerprint density at radius 2 is 1.41 bits per heavy atom. The van der Waals surface area contributed by atoms with Gasteiger partial charge in [-0.15, -0.1) is 0 Å². The molecular weight excluding hydrogens is 280 g/mol. The van der Waals surface area contributed by atoms with E-state index in [1.54, 1.807) is 26.0 Å². The molecule has 1 aromatic carbocycles. The first-order valence-electron chi connectivity index (χ1n) is 7.11. The quantitative estimate of drug-likeness (QED) is 0.810. The van der Waals surface area contributed by atoms with Gasteiger partial charge in [0.1, 0.15) is 0 Å². The predicted molar refractivity (Wildman–Crippen MR) is 86.1 cm³/mol. The van der Waals surface area contributed by atoms with Crippen LogP contribution in [0.3, 0.4) is 0 Å². The van der Waals surface area contributed by atoms with E-state index in [1.807, 2.05) is 32.1 Å². The minimum Gasteiger partial charge on any atom is -0.481 e. The molecule has 1 aromatic rings. The third-order valence-electron chi connectivity index (χ3n) is 3.73. The molecule has 0 atom stereocenters. The summed E-state index contributed by atoms with van der Waals surface area (Å²) in [4.78, 5) is 21.3. The SMILES string of the molecule is CC1=CCC=C(C)C1C(=O)O.Cc1cccc(C)c1C(=O)O. The molecule has 2 N–H and O–H groups in total. The highest BCUT2D eigenvalue weighted by Gasteiger charge is 2.22. The standard InChI is InChI=1S/C9H12O2.C9H10O2/c2*1-6-4-3-5-7(2)8(6)9(10)11/h4-5,8H,3H2,1-2H3,(H,10,11);3-5H,1-2H3,(H,10,11). The molecule has 0 spiro atoms. The minimum atomic E-state index is -0.847. The average molecular weight is 302 g/mol. The minimum absolute atomic E-state index is 0.372. The lowest BCUT2D eigenvalue weighted by molar-refractivity contribution is -0.139. The van der Waals surface area contributed by atoms with Gasteiger partial charge in [0.15, 0.2) is 0 Å². The Labute approximate surface area is 130 Å². The van der Waals surface area contributed by atoms with Gasteiger partial charge in [0.05, 0.1) is 11.5 Å². The Hall–Kier alpha value is -2.36. The highest BCUT2D eigenvalue weighted by Crippen LogP contribution is 2.25. The normalized spacial score (nSPS) is 14.4. The Morgan fingerprint density at radius 1 is 0.955 bits per heavy atom. The number of hydrogen-bond donors (Lipinski definition) is 2. The van der Waals surface area contributed by atoms with Crippen LogP contribution < -0.4 is 0 Å². The van der Waals surface area contributed by atoms with Crippen molar-refractivity contribution >= 4 is 11.9 Å². The van der Waals surface area contributed by atoms with Gasteiger partial charge in [0, 0.05) is 0 Å². The van der Waals surface area contributed by atoms with Crippen molar-refractivity contribution in [1.82, 2.24) is 0 Å². The number of allylic oxidation sites excluding steroid dienone is 2. The maximum atomic E-state index is 10.7. The molecular formula is C18H22O4. The molecule has 118 valence electrons. The van der Waals surface area contributed by atoms with E-state index < -0.39 is 11.9 Å². The van der Waals surface area contributed by atoms with Crippen LogP contribution in [0, 0.1) is 19.8 Å². The molecule has 0 radical (unpaired) electrons. The monoisotopic (exact) mass is 302 g/mol. The van der Waals surface area contributed by atoms with Crippen molar-refractivity contribution in [2.45, 2.75) is 34.1 Å². The van der Waals surface area contributed by atoms with Crippen LogP contribution >= 0.6 is 0 Å². The number of hydrogen-bond acceptors (Lipinski definition) is 2. The van der Waals surface area contributed by atoms with Crippen molar-refractivity contribution in [3.63, 3.8) is 0 Å². The van der Waals surface area contributed by atoms with Crippen molar-refractivity contribution < 1.29 is 19.8 Å². The van der Waals surface area contributed by atoms with Crippen LogP contribution in [-0.4, -0.2) is 22.2 Å². The predicted octanol–water partition coefficient (Wildman–Crippen LogP) is 3.99. The molecule has 0 heterocycles. The molecule has 1 aliphatic rings. The highest BCUT2D eigenvalue weighted by molar-refractivity contribution is 5.90. The van der Waals surface area contributed by atoms with Crippen LogP contribution in [-0.2, 0) is 4.79 Å². The summed E-state index contributed by atoms with van der Waals surface area (Å²) in [6, 6.07) is 5.46. The first-order valence-corrected chi connectivity index (χ1v) is 7.11. The summed E-state index contributed by atoms with van der Waals surface area (Å²) < 4.78 is 0. The zero-order valence-corrected chi connectivity index (χ0v) is 13.4. The fraction of sp³-hybridized carbons (Fsp3) is 0.333. The van der Waals surface area contributed by atoms with Gasteiger partial charge in [-0.1, -0.05) is 41.5 Å². The van der Waals surface area contributed by atoms with Crippen molar-refractivity contribution in [1.29, 1.82) is 0 Å². The van der Waals surface area contributed by atoms with Crippen molar-refractivity contribution in [3.05, 3.63) is 58.2 Å². The van der Waals surface area contributed by atoms with Crippen LogP contribution in [0.2, 0.25) is 0 Å². The molecule has 4 nitrogen and oxygen atoms in total. The van der Waals surface area contributed by atoms with Gasteiger partial charge < -0.3 is 10.2 Å². The Balaban J connectivity index is 0.000000220. The zero-order valence-electron chi connectivity index (χ0n) is 13.4. The summed E-state index contributed by atoms with van der Waals surface area (Å²) in [5.41, 5.74) is 3.97. The van der Waals surface area contributed by atoms with E-state index in [0.717, 1.165) is 28.7 Å². The molecule has 0 unspecified atom stereocenters. The van der Waals surface area contributed by atoms with E-state index in [2.05, 4.69) is 0 Å². The number of carboxylic acids is 2. The van der Waals surface area contributed by atoms with Crippen LogP contribution in [0.25, 0.3) is 0 Å². The van der Waals surface area contributed by atoms with Gasteiger partial charge >= 0.3 is 11.9 Å². The fourth-order valence-corrected chi connectivity index (χ4v) is 2.57. The molecule has 0 aliphatic heterocycles. The molecule has 0 saturated heterocycles. The van der Waals surface area contributed by atoms with Gasteiger partial charge in [-0.05, 0) is 45.2 Å². The number of rotatable bonds is 2. The smallest absolute Gasteiger partial charge is 0.336 e. The molecule has 0 saturated carbocycles. The highest BCUT2D eigenvalue weighted by atomic mass is 16.4. The molecule has 4 heteroatoms. The van der Waals surface area contributed by atoms with Crippen molar-refractivity contribution in [2.24, 2.45) is 5.92 Å². The second kappa shape index (κ2) is 7.59. The van der Waals surface area contributed by atoms with E-state index in [0.29, 0.717) is 5.56 Å². The van der Waals surface area contributed by atoms with Crippen LogP contribution in [0.4, 0.5) is 0 Å². The third-order valence-corrected chi connectivity index (χ3v) is 3.73. The first-order chi connectivity index (χ1) is 10.3. The van der Waals surface area contributed by atoms with Crippen molar-refractivity contribution in [2.75, 3.05) is 0 Å². The van der Waals surface area contributed by atoms with Crippen LogP contribution in [0.15, 0.2) is 41.5 Å². The summed E-state index contributed by atoms with van der Waals surface area (Å²) in [7, 11) is 0. The first kappa shape index (κ1) is 17.7. The summed E-state index contributed by atoms with van der Waals surface area (Å²) in [6.07, 6.45) is 4.80. The topological polar surface area (TPSA) is 74.6 Å². The number of aryl methyl sites for hydroxylation is 2. The molecule has 2 rings (SSSR count). The molecule has 0 amide bonds. The van der Waals surface area contributed by atoms with Crippen LogP contribution in [0.5, 0.6) is 0 Å². The number of aromatic carboxylic acids is 1. The number of carboxylic acid groups (broad SMARTS) is 2. The largest absolute Gasteiger partial charge is 0.481 e. The summed E-state index contributed by atoms with van der Waals surface area (Å²) >= 11 is 0.